The van der Waals surface area contributed by atoms with Crippen molar-refractivity contribution in [1.82, 2.24) is 19.9 Å². The highest BCUT2D eigenvalue weighted by Gasteiger charge is 2.29. The topological polar surface area (TPSA) is 78.6 Å². The van der Waals surface area contributed by atoms with E-state index in [1.165, 1.54) is 4.57 Å². The average Bonchev–Trinajstić information content (AvgIpc) is 3.22. The number of aromatic nitrogens is 3. The van der Waals surface area contributed by atoms with Crippen LogP contribution in [0.25, 0.3) is 10.9 Å². The number of anilines is 1. The SMILES string of the molecule is CC(C)(C#N)c1ccc(NCC#Cc2cc3cc(CNCc4ccncc4)ccc3n2CC(F)(F)F)cn1. The molecule has 0 saturated heterocycles. The molecular formula is C29H27F3N6. The fraction of sp³-hybridized carbons (Fsp3) is 0.276. The Kier molecular flexibility index (Phi) is 7.99. The molecule has 3 heterocycles. The lowest BCUT2D eigenvalue weighted by Gasteiger charge is -2.14. The van der Waals surface area contributed by atoms with Crippen molar-refractivity contribution in [2.75, 3.05) is 11.9 Å². The lowest BCUT2D eigenvalue weighted by atomic mass is 9.91. The number of rotatable bonds is 8. The predicted molar refractivity (Wildman–Crippen MR) is 141 cm³/mol. The molecule has 0 spiro atoms. The first-order valence-electron chi connectivity index (χ1n) is 12.0. The van der Waals surface area contributed by atoms with E-state index in [4.69, 9.17) is 0 Å². The number of nitrogens with one attached hydrogen (secondary N) is 2. The number of hydrogen-bond acceptors (Lipinski definition) is 5. The molecular weight excluding hydrogens is 489 g/mol. The van der Waals surface area contributed by atoms with Gasteiger partial charge in [0.05, 0.1) is 41.3 Å². The van der Waals surface area contributed by atoms with Gasteiger partial charge in [0.25, 0.3) is 0 Å². The Hall–Kier alpha value is -4.34. The number of nitrogens with zero attached hydrogens (tertiary/aromatic N) is 4. The van der Waals surface area contributed by atoms with Crippen LogP contribution in [-0.4, -0.2) is 27.3 Å². The highest BCUT2D eigenvalue weighted by Crippen LogP contribution is 2.26. The van der Waals surface area contributed by atoms with Crippen LogP contribution in [0.3, 0.4) is 0 Å². The van der Waals surface area contributed by atoms with Gasteiger partial charge in [-0.3, -0.25) is 9.97 Å². The molecule has 3 aromatic heterocycles. The first kappa shape index (κ1) is 26.7. The molecule has 1 aromatic carbocycles. The molecule has 0 fully saturated rings. The fourth-order valence-electron chi connectivity index (χ4n) is 3.94. The Labute approximate surface area is 219 Å². The largest absolute Gasteiger partial charge is 0.406 e. The first-order chi connectivity index (χ1) is 18.1. The van der Waals surface area contributed by atoms with Crippen molar-refractivity contribution in [3.63, 3.8) is 0 Å². The van der Waals surface area contributed by atoms with Gasteiger partial charge in [-0.2, -0.15) is 18.4 Å². The number of nitriles is 1. The summed E-state index contributed by atoms with van der Waals surface area (Å²) in [5.41, 5.74) is 3.51. The molecule has 0 radical (unpaired) electrons. The van der Waals surface area contributed by atoms with Crippen molar-refractivity contribution >= 4 is 16.6 Å². The van der Waals surface area contributed by atoms with E-state index < -0.39 is 18.1 Å². The van der Waals surface area contributed by atoms with Crippen molar-refractivity contribution < 1.29 is 13.2 Å². The minimum Gasteiger partial charge on any atom is -0.373 e. The maximum atomic E-state index is 13.4. The number of benzene rings is 1. The third-order valence-corrected chi connectivity index (χ3v) is 5.99. The second kappa shape index (κ2) is 11.4. The first-order valence-corrected chi connectivity index (χ1v) is 12.0. The van der Waals surface area contributed by atoms with Crippen LogP contribution in [0.15, 0.2) is 67.1 Å². The summed E-state index contributed by atoms with van der Waals surface area (Å²) in [7, 11) is 0. The zero-order valence-corrected chi connectivity index (χ0v) is 21.1. The van der Waals surface area contributed by atoms with Crippen LogP contribution in [0.1, 0.15) is 36.4 Å². The molecule has 6 nitrogen and oxygen atoms in total. The quantitative estimate of drug-likeness (QED) is 0.300. The molecule has 38 heavy (non-hydrogen) atoms. The van der Waals surface area contributed by atoms with E-state index >= 15 is 0 Å². The number of hydrogen-bond donors (Lipinski definition) is 2. The summed E-state index contributed by atoms with van der Waals surface area (Å²) in [6.45, 7) is 3.92. The zero-order chi connectivity index (χ0) is 27.2. The summed E-state index contributed by atoms with van der Waals surface area (Å²) in [4.78, 5) is 8.32. The van der Waals surface area contributed by atoms with Gasteiger partial charge >= 0.3 is 6.18 Å². The van der Waals surface area contributed by atoms with Crippen LogP contribution in [0, 0.1) is 23.2 Å². The van der Waals surface area contributed by atoms with E-state index in [2.05, 4.69) is 38.5 Å². The van der Waals surface area contributed by atoms with Crippen molar-refractivity contribution in [2.24, 2.45) is 0 Å². The summed E-state index contributed by atoms with van der Waals surface area (Å²) in [6, 6.07) is 16.8. The fourth-order valence-corrected chi connectivity index (χ4v) is 3.94. The predicted octanol–water partition coefficient (Wildman–Crippen LogP) is 5.55. The van der Waals surface area contributed by atoms with Gasteiger partial charge in [0, 0.05) is 36.4 Å². The molecule has 0 atom stereocenters. The summed E-state index contributed by atoms with van der Waals surface area (Å²) in [5.74, 6) is 5.80. The van der Waals surface area contributed by atoms with Gasteiger partial charge in [-0.05, 0) is 73.4 Å². The molecule has 2 N–H and O–H groups in total. The molecule has 0 bridgehead atoms. The van der Waals surface area contributed by atoms with Crippen LogP contribution >= 0.6 is 0 Å². The summed E-state index contributed by atoms with van der Waals surface area (Å²) in [6.07, 6.45) is 0.695. The summed E-state index contributed by atoms with van der Waals surface area (Å²) in [5, 5.41) is 16.4. The zero-order valence-electron chi connectivity index (χ0n) is 21.1. The van der Waals surface area contributed by atoms with E-state index in [1.54, 1.807) is 56.7 Å². The monoisotopic (exact) mass is 516 g/mol. The molecule has 9 heteroatoms. The van der Waals surface area contributed by atoms with Gasteiger partial charge in [0.2, 0.25) is 0 Å². The van der Waals surface area contributed by atoms with Crippen LogP contribution in [0.5, 0.6) is 0 Å². The van der Waals surface area contributed by atoms with Gasteiger partial charge in [-0.15, -0.1) is 0 Å². The Morgan fingerprint density at radius 2 is 1.74 bits per heavy atom. The van der Waals surface area contributed by atoms with Crippen LogP contribution in [-0.2, 0) is 25.0 Å². The van der Waals surface area contributed by atoms with E-state index in [-0.39, 0.29) is 6.54 Å². The molecule has 0 aliphatic rings. The maximum absolute atomic E-state index is 13.4. The highest BCUT2D eigenvalue weighted by atomic mass is 19.4. The Morgan fingerprint density at radius 1 is 0.974 bits per heavy atom. The van der Waals surface area contributed by atoms with E-state index in [9.17, 15) is 18.4 Å². The molecule has 0 amide bonds. The third-order valence-electron chi connectivity index (χ3n) is 5.99. The van der Waals surface area contributed by atoms with Crippen molar-refractivity contribution in [2.45, 2.75) is 45.1 Å². The Balaban J connectivity index is 1.47. The Morgan fingerprint density at radius 3 is 2.42 bits per heavy atom. The van der Waals surface area contributed by atoms with E-state index in [1.807, 2.05) is 24.3 Å². The van der Waals surface area contributed by atoms with Crippen molar-refractivity contribution in [3.8, 4) is 17.9 Å². The molecule has 0 saturated carbocycles. The summed E-state index contributed by atoms with van der Waals surface area (Å²) < 4.78 is 41.3. The third kappa shape index (κ3) is 6.90. The normalized spacial score (nSPS) is 11.6. The molecule has 4 rings (SSSR count). The minimum atomic E-state index is -4.38. The number of fused-ring (bicyclic) bond motifs is 1. The van der Waals surface area contributed by atoms with Crippen LogP contribution in [0.2, 0.25) is 0 Å². The standard InChI is InChI=1S/C29H27F3N6/c1-28(2,19-33)27-8-6-24(18-37-27)36-11-3-4-25-15-23-14-22(17-35-16-21-9-12-34-13-10-21)5-7-26(23)38(25)20-29(30,31)32/h5-10,12-15,18,35-36H,11,16-17,20H2,1-2H3. The second-order valence-electron chi connectivity index (χ2n) is 9.41. The highest BCUT2D eigenvalue weighted by molar-refractivity contribution is 5.83. The molecule has 0 aliphatic heterocycles. The van der Waals surface area contributed by atoms with E-state index in [0.29, 0.717) is 41.1 Å². The number of alkyl halides is 3. The number of halogens is 3. The molecule has 4 aromatic rings. The van der Waals surface area contributed by atoms with Crippen LogP contribution in [0.4, 0.5) is 18.9 Å². The lowest BCUT2D eigenvalue weighted by molar-refractivity contribution is -0.140. The summed E-state index contributed by atoms with van der Waals surface area (Å²) >= 11 is 0. The lowest BCUT2D eigenvalue weighted by Crippen LogP contribution is -2.18. The maximum Gasteiger partial charge on any atom is 0.406 e. The number of pyridine rings is 2. The molecule has 0 unspecified atom stereocenters. The van der Waals surface area contributed by atoms with Gasteiger partial charge in [-0.25, -0.2) is 0 Å². The second-order valence-corrected chi connectivity index (χ2v) is 9.41. The van der Waals surface area contributed by atoms with Crippen molar-refractivity contribution in [1.29, 1.82) is 5.26 Å². The van der Waals surface area contributed by atoms with Gasteiger partial charge in [0.15, 0.2) is 0 Å². The minimum absolute atomic E-state index is 0.223. The molecule has 0 aliphatic carbocycles. The van der Waals surface area contributed by atoms with Gasteiger partial charge in [0.1, 0.15) is 6.54 Å². The Bertz CT molecular complexity index is 1490. The average molecular weight is 517 g/mol. The van der Waals surface area contributed by atoms with Crippen molar-refractivity contribution in [3.05, 3.63) is 89.6 Å². The molecule has 194 valence electrons. The van der Waals surface area contributed by atoms with E-state index in [0.717, 1.165) is 11.1 Å². The van der Waals surface area contributed by atoms with Crippen LogP contribution < -0.4 is 10.6 Å². The van der Waals surface area contributed by atoms with Gasteiger partial charge in [-0.1, -0.05) is 12.0 Å². The van der Waals surface area contributed by atoms with Gasteiger partial charge < -0.3 is 15.2 Å². The smallest absolute Gasteiger partial charge is 0.373 e.